The van der Waals surface area contributed by atoms with E-state index in [9.17, 15) is 9.90 Å². The van der Waals surface area contributed by atoms with E-state index < -0.39 is 0 Å². The third-order valence-corrected chi connectivity index (χ3v) is 2.16. The van der Waals surface area contributed by atoms with Gasteiger partial charge in [-0.15, -0.1) is 0 Å². The number of aromatic amines is 1. The molecule has 0 spiro atoms. The molecule has 1 aromatic heterocycles. The average molecular weight is 218 g/mol. The fourth-order valence-electron chi connectivity index (χ4n) is 1.35. The molecule has 0 radical (unpaired) electrons. The van der Waals surface area contributed by atoms with Crippen molar-refractivity contribution in [2.45, 2.75) is 0 Å². The maximum atomic E-state index is 11.9. The lowest BCUT2D eigenvalue weighted by atomic mass is 10.1. The Balaban J connectivity index is 2.38. The summed E-state index contributed by atoms with van der Waals surface area (Å²) in [5.74, 6) is 0.270. The van der Waals surface area contributed by atoms with Gasteiger partial charge in [0, 0.05) is 18.0 Å². The number of aromatic hydroxyl groups is 1. The van der Waals surface area contributed by atoms with Crippen molar-refractivity contribution < 1.29 is 14.6 Å². The molecular formula is C11H10N2O3. The number of nitrogens with one attached hydrogen (secondary N) is 1. The molecule has 0 unspecified atom stereocenters. The fourth-order valence-corrected chi connectivity index (χ4v) is 1.35. The summed E-state index contributed by atoms with van der Waals surface area (Å²) in [4.78, 5) is 18.4. The number of ketones is 1. The SMILES string of the molecule is COc1cc(C(=O)c2ncc[nH]2)ccc1O. The highest BCUT2D eigenvalue weighted by atomic mass is 16.5. The molecule has 0 atom stereocenters. The van der Waals surface area contributed by atoms with Gasteiger partial charge in [-0.1, -0.05) is 0 Å². The van der Waals surface area contributed by atoms with Gasteiger partial charge in [-0.3, -0.25) is 4.79 Å². The molecule has 16 heavy (non-hydrogen) atoms. The van der Waals surface area contributed by atoms with Gasteiger partial charge >= 0.3 is 0 Å². The van der Waals surface area contributed by atoms with Gasteiger partial charge in [0.2, 0.25) is 5.78 Å². The number of carbonyl (C=O) groups is 1. The summed E-state index contributed by atoms with van der Waals surface area (Å²) < 4.78 is 4.92. The van der Waals surface area contributed by atoms with Crippen LogP contribution in [0.4, 0.5) is 0 Å². The monoisotopic (exact) mass is 218 g/mol. The molecule has 82 valence electrons. The molecule has 2 aromatic rings. The topological polar surface area (TPSA) is 75.2 Å². The number of hydrogen-bond donors (Lipinski definition) is 2. The maximum Gasteiger partial charge on any atom is 0.228 e. The highest BCUT2D eigenvalue weighted by Crippen LogP contribution is 2.26. The summed E-state index contributed by atoms with van der Waals surface area (Å²) in [6.07, 6.45) is 3.08. The quantitative estimate of drug-likeness (QED) is 0.762. The average Bonchev–Trinajstić information content (AvgIpc) is 2.82. The molecule has 5 nitrogen and oxygen atoms in total. The molecule has 0 bridgehead atoms. The van der Waals surface area contributed by atoms with Crippen molar-refractivity contribution in [2.75, 3.05) is 7.11 Å². The molecule has 0 amide bonds. The number of carbonyl (C=O) groups excluding carboxylic acids is 1. The Hall–Kier alpha value is -2.30. The van der Waals surface area contributed by atoms with Gasteiger partial charge in [0.05, 0.1) is 7.11 Å². The third kappa shape index (κ3) is 1.75. The number of hydrogen-bond acceptors (Lipinski definition) is 4. The van der Waals surface area contributed by atoms with E-state index in [0.29, 0.717) is 5.56 Å². The number of H-pyrrole nitrogens is 1. The summed E-state index contributed by atoms with van der Waals surface area (Å²) in [7, 11) is 1.43. The van der Waals surface area contributed by atoms with Crippen molar-refractivity contribution in [2.24, 2.45) is 0 Å². The van der Waals surface area contributed by atoms with Gasteiger partial charge in [-0.05, 0) is 18.2 Å². The number of aromatic nitrogens is 2. The predicted molar refractivity (Wildman–Crippen MR) is 56.7 cm³/mol. The van der Waals surface area contributed by atoms with Gasteiger partial charge in [0.15, 0.2) is 17.3 Å². The van der Waals surface area contributed by atoms with Gasteiger partial charge in [-0.2, -0.15) is 0 Å². The number of imidazole rings is 1. The second-order valence-corrected chi connectivity index (χ2v) is 3.15. The Morgan fingerprint density at radius 2 is 2.31 bits per heavy atom. The van der Waals surface area contributed by atoms with Crippen LogP contribution in [0.5, 0.6) is 11.5 Å². The molecule has 0 aliphatic heterocycles. The summed E-state index contributed by atoms with van der Waals surface area (Å²) >= 11 is 0. The van der Waals surface area contributed by atoms with E-state index in [4.69, 9.17) is 4.74 Å². The predicted octanol–water partition coefficient (Wildman–Crippen LogP) is 1.35. The summed E-state index contributed by atoms with van der Waals surface area (Å²) in [5.41, 5.74) is 0.407. The van der Waals surface area contributed by atoms with Crippen LogP contribution in [0.15, 0.2) is 30.6 Å². The first-order valence-corrected chi connectivity index (χ1v) is 4.63. The second kappa shape index (κ2) is 4.06. The Morgan fingerprint density at radius 1 is 1.50 bits per heavy atom. The van der Waals surface area contributed by atoms with Crippen molar-refractivity contribution in [1.29, 1.82) is 0 Å². The first-order chi connectivity index (χ1) is 7.72. The Bertz CT molecular complexity index is 506. The highest BCUT2D eigenvalue weighted by Gasteiger charge is 2.13. The van der Waals surface area contributed by atoms with Crippen LogP contribution in [-0.4, -0.2) is 28.0 Å². The van der Waals surface area contributed by atoms with Gasteiger partial charge in [0.1, 0.15) is 0 Å². The zero-order valence-corrected chi connectivity index (χ0v) is 8.60. The second-order valence-electron chi connectivity index (χ2n) is 3.15. The zero-order valence-electron chi connectivity index (χ0n) is 8.60. The minimum Gasteiger partial charge on any atom is -0.504 e. The first-order valence-electron chi connectivity index (χ1n) is 4.63. The molecular weight excluding hydrogens is 208 g/mol. The maximum absolute atomic E-state index is 11.9. The molecule has 0 aliphatic rings. The normalized spacial score (nSPS) is 10.1. The lowest BCUT2D eigenvalue weighted by molar-refractivity contribution is 0.103. The van der Waals surface area contributed by atoms with Crippen LogP contribution in [0.25, 0.3) is 0 Å². The van der Waals surface area contributed by atoms with E-state index in [-0.39, 0.29) is 23.1 Å². The van der Waals surface area contributed by atoms with E-state index in [0.717, 1.165) is 0 Å². The lowest BCUT2D eigenvalue weighted by Gasteiger charge is -2.04. The van der Waals surface area contributed by atoms with Crippen LogP contribution in [0.3, 0.4) is 0 Å². The summed E-state index contributed by atoms with van der Waals surface area (Å²) in [5, 5.41) is 9.39. The number of ether oxygens (including phenoxy) is 1. The largest absolute Gasteiger partial charge is 0.504 e. The summed E-state index contributed by atoms with van der Waals surface area (Å²) in [6.45, 7) is 0. The molecule has 2 N–H and O–H groups in total. The Morgan fingerprint density at radius 3 is 2.94 bits per heavy atom. The number of rotatable bonds is 3. The lowest BCUT2D eigenvalue weighted by Crippen LogP contribution is -2.03. The Kier molecular flexibility index (Phi) is 2.59. The highest BCUT2D eigenvalue weighted by molar-refractivity contribution is 6.06. The first kappa shape index (κ1) is 10.2. The molecule has 5 heteroatoms. The van der Waals surface area contributed by atoms with Crippen molar-refractivity contribution in [1.82, 2.24) is 9.97 Å². The number of phenols is 1. The third-order valence-electron chi connectivity index (χ3n) is 2.16. The molecule has 2 rings (SSSR count). The smallest absolute Gasteiger partial charge is 0.228 e. The van der Waals surface area contributed by atoms with Crippen LogP contribution in [0.2, 0.25) is 0 Å². The molecule has 0 fully saturated rings. The van der Waals surface area contributed by atoms with Crippen molar-refractivity contribution in [3.63, 3.8) is 0 Å². The van der Waals surface area contributed by atoms with E-state index in [1.807, 2.05) is 0 Å². The van der Waals surface area contributed by atoms with E-state index in [1.54, 1.807) is 6.20 Å². The van der Waals surface area contributed by atoms with Crippen molar-refractivity contribution in [3.05, 3.63) is 42.0 Å². The van der Waals surface area contributed by atoms with E-state index >= 15 is 0 Å². The standard InChI is InChI=1S/C11H10N2O3/c1-16-9-6-7(2-3-8(9)14)10(15)11-12-4-5-13-11/h2-6,14H,1H3,(H,12,13). The van der Waals surface area contributed by atoms with Crippen LogP contribution in [0.1, 0.15) is 16.2 Å². The minimum atomic E-state index is -0.247. The van der Waals surface area contributed by atoms with Gasteiger partial charge in [-0.25, -0.2) is 4.98 Å². The van der Waals surface area contributed by atoms with Crippen LogP contribution in [0, 0.1) is 0 Å². The van der Waals surface area contributed by atoms with Gasteiger partial charge < -0.3 is 14.8 Å². The number of phenolic OH excluding ortho intramolecular Hbond substituents is 1. The molecule has 0 saturated carbocycles. The van der Waals surface area contributed by atoms with Gasteiger partial charge in [0.25, 0.3) is 0 Å². The van der Waals surface area contributed by atoms with Crippen LogP contribution >= 0.6 is 0 Å². The fraction of sp³-hybridized carbons (Fsp3) is 0.0909. The van der Waals surface area contributed by atoms with Crippen LogP contribution < -0.4 is 4.74 Å². The number of methoxy groups -OCH3 is 1. The van der Waals surface area contributed by atoms with Crippen molar-refractivity contribution >= 4 is 5.78 Å². The summed E-state index contributed by atoms with van der Waals surface area (Å²) in [6, 6.07) is 4.40. The van der Waals surface area contributed by atoms with Crippen LogP contribution in [-0.2, 0) is 0 Å². The molecule has 0 aliphatic carbocycles. The molecule has 1 aromatic carbocycles. The van der Waals surface area contributed by atoms with Crippen molar-refractivity contribution in [3.8, 4) is 11.5 Å². The zero-order chi connectivity index (χ0) is 11.5. The van der Waals surface area contributed by atoms with E-state index in [2.05, 4.69) is 9.97 Å². The minimum absolute atomic E-state index is 0.00139. The molecule has 0 saturated heterocycles. The number of nitrogens with zero attached hydrogens (tertiary/aromatic N) is 1. The van der Waals surface area contributed by atoms with E-state index in [1.165, 1.54) is 31.5 Å². The molecule has 1 heterocycles. The number of benzene rings is 1. The Labute approximate surface area is 91.7 Å².